The minimum Gasteiger partial charge on any atom is -0.496 e. The van der Waals surface area contributed by atoms with Gasteiger partial charge in [-0.1, -0.05) is 18.2 Å². The first kappa shape index (κ1) is 16.8. The first-order chi connectivity index (χ1) is 11.0. The summed E-state index contributed by atoms with van der Waals surface area (Å²) in [6.07, 6.45) is -1.78. The number of hydrogen-bond donors (Lipinski definition) is 0. The van der Waals surface area contributed by atoms with E-state index in [4.69, 9.17) is 4.74 Å². The van der Waals surface area contributed by atoms with Gasteiger partial charge in [-0.2, -0.15) is 0 Å². The van der Waals surface area contributed by atoms with Crippen molar-refractivity contribution in [2.45, 2.75) is 19.4 Å². The molecule has 1 amide bonds. The van der Waals surface area contributed by atoms with E-state index in [1.54, 1.807) is 20.2 Å². The van der Waals surface area contributed by atoms with Crippen molar-refractivity contribution in [2.75, 3.05) is 14.2 Å². The number of carbonyl (C=O) groups is 1. The molecular formula is C16H17F2N3O2. The summed E-state index contributed by atoms with van der Waals surface area (Å²) in [5, 5.41) is 0. The quantitative estimate of drug-likeness (QED) is 0.848. The van der Waals surface area contributed by atoms with Crippen molar-refractivity contribution in [3.8, 4) is 5.75 Å². The molecule has 0 saturated carbocycles. The fourth-order valence-electron chi connectivity index (χ4n) is 2.19. The van der Waals surface area contributed by atoms with Gasteiger partial charge in [0.25, 0.3) is 12.3 Å². The minimum atomic E-state index is -2.75. The van der Waals surface area contributed by atoms with Crippen LogP contribution in [0.2, 0.25) is 0 Å². The maximum Gasteiger partial charge on any atom is 0.280 e. The molecule has 0 saturated heterocycles. The highest BCUT2D eigenvalue weighted by Gasteiger charge is 2.23. The molecule has 0 unspecified atom stereocenters. The summed E-state index contributed by atoms with van der Waals surface area (Å²) in [6.45, 7) is 1.82. The van der Waals surface area contributed by atoms with Crippen LogP contribution in [0.4, 0.5) is 8.78 Å². The van der Waals surface area contributed by atoms with Crippen molar-refractivity contribution < 1.29 is 18.3 Å². The molecule has 1 heterocycles. The Balaban J connectivity index is 2.27. The second kappa shape index (κ2) is 7.13. The highest BCUT2D eigenvalue weighted by Crippen LogP contribution is 2.29. The molecule has 0 fully saturated rings. The molecule has 0 aliphatic rings. The van der Waals surface area contributed by atoms with Crippen molar-refractivity contribution in [3.63, 3.8) is 0 Å². The van der Waals surface area contributed by atoms with E-state index in [1.165, 1.54) is 4.90 Å². The molecule has 5 nitrogen and oxygen atoms in total. The Bertz CT molecular complexity index is 695. The van der Waals surface area contributed by atoms with Crippen molar-refractivity contribution in [1.29, 1.82) is 0 Å². The molecule has 0 aliphatic heterocycles. The van der Waals surface area contributed by atoms with Gasteiger partial charge in [0.05, 0.1) is 13.2 Å². The molecule has 2 rings (SSSR count). The lowest BCUT2D eigenvalue weighted by atomic mass is 10.1. The van der Waals surface area contributed by atoms with Gasteiger partial charge < -0.3 is 9.64 Å². The van der Waals surface area contributed by atoms with Crippen molar-refractivity contribution in [1.82, 2.24) is 14.9 Å². The van der Waals surface area contributed by atoms with Crippen LogP contribution in [0.25, 0.3) is 0 Å². The van der Waals surface area contributed by atoms with Gasteiger partial charge in [0.2, 0.25) is 0 Å². The molecule has 1 aromatic heterocycles. The largest absolute Gasteiger partial charge is 0.496 e. The number of nitrogens with zero attached hydrogens (tertiary/aromatic N) is 3. The number of alkyl halides is 2. The molecule has 23 heavy (non-hydrogen) atoms. The lowest BCUT2D eigenvalue weighted by molar-refractivity contribution is 0.0734. The SMILES string of the molecule is COc1ccccc1[C@@H](C)N(C)C(=O)c1cc(C(F)F)ncn1. The van der Waals surface area contributed by atoms with E-state index in [2.05, 4.69) is 9.97 Å². The summed E-state index contributed by atoms with van der Waals surface area (Å²) < 4.78 is 30.7. The van der Waals surface area contributed by atoms with E-state index in [-0.39, 0.29) is 11.7 Å². The maximum absolute atomic E-state index is 12.7. The molecular weight excluding hydrogens is 304 g/mol. The monoisotopic (exact) mass is 321 g/mol. The molecule has 1 atom stereocenters. The van der Waals surface area contributed by atoms with E-state index in [0.717, 1.165) is 18.0 Å². The van der Waals surface area contributed by atoms with Gasteiger partial charge in [-0.15, -0.1) is 0 Å². The topological polar surface area (TPSA) is 55.3 Å². The zero-order chi connectivity index (χ0) is 17.0. The van der Waals surface area contributed by atoms with Gasteiger partial charge in [0.15, 0.2) is 0 Å². The number of rotatable bonds is 5. The summed E-state index contributed by atoms with van der Waals surface area (Å²) >= 11 is 0. The highest BCUT2D eigenvalue weighted by molar-refractivity contribution is 5.92. The van der Waals surface area contributed by atoms with Gasteiger partial charge in [0, 0.05) is 12.6 Å². The standard InChI is InChI=1S/C16H17F2N3O2/c1-10(11-6-4-5-7-14(11)23-3)21(2)16(22)13-8-12(15(17)18)19-9-20-13/h4-10,15H,1-3H3/t10-/m1/s1. The van der Waals surface area contributed by atoms with Crippen molar-refractivity contribution in [3.05, 3.63) is 53.6 Å². The fourth-order valence-corrected chi connectivity index (χ4v) is 2.19. The Labute approximate surface area is 132 Å². The van der Waals surface area contributed by atoms with Crippen LogP contribution < -0.4 is 4.74 Å². The van der Waals surface area contributed by atoms with Gasteiger partial charge in [-0.05, 0) is 19.1 Å². The summed E-state index contributed by atoms with van der Waals surface area (Å²) in [6, 6.07) is 8.01. The Kier molecular flexibility index (Phi) is 5.20. The van der Waals surface area contributed by atoms with E-state index in [9.17, 15) is 13.6 Å². The Morgan fingerprint density at radius 2 is 1.96 bits per heavy atom. The van der Waals surface area contributed by atoms with Crippen LogP contribution in [0, 0.1) is 0 Å². The third-order valence-electron chi connectivity index (χ3n) is 3.62. The third kappa shape index (κ3) is 3.61. The normalized spacial score (nSPS) is 12.1. The number of amides is 1. The average Bonchev–Trinajstić information content (AvgIpc) is 2.59. The van der Waals surface area contributed by atoms with Gasteiger partial charge >= 0.3 is 0 Å². The van der Waals surface area contributed by atoms with Crippen LogP contribution in [0.5, 0.6) is 5.75 Å². The number of aromatic nitrogens is 2. The number of hydrogen-bond acceptors (Lipinski definition) is 4. The summed E-state index contributed by atoms with van der Waals surface area (Å²) in [7, 11) is 3.14. The number of para-hydroxylation sites is 1. The van der Waals surface area contributed by atoms with Crippen LogP contribution in [0.15, 0.2) is 36.7 Å². The lowest BCUT2D eigenvalue weighted by Crippen LogP contribution is -2.30. The molecule has 1 aromatic carbocycles. The maximum atomic E-state index is 12.7. The van der Waals surface area contributed by atoms with E-state index >= 15 is 0 Å². The fraction of sp³-hybridized carbons (Fsp3) is 0.312. The first-order valence-electron chi connectivity index (χ1n) is 6.95. The van der Waals surface area contributed by atoms with Crippen molar-refractivity contribution >= 4 is 5.91 Å². The molecule has 0 bridgehead atoms. The Morgan fingerprint density at radius 1 is 1.26 bits per heavy atom. The third-order valence-corrected chi connectivity index (χ3v) is 3.62. The smallest absolute Gasteiger partial charge is 0.280 e. The number of methoxy groups -OCH3 is 1. The number of ether oxygens (including phenoxy) is 1. The summed E-state index contributed by atoms with van der Waals surface area (Å²) in [5.74, 6) is 0.184. The second-order valence-electron chi connectivity index (χ2n) is 4.96. The molecule has 122 valence electrons. The summed E-state index contributed by atoms with van der Waals surface area (Å²) in [5.41, 5.74) is 0.273. The van der Waals surface area contributed by atoms with Crippen LogP contribution in [0.1, 0.15) is 41.1 Å². The number of carbonyl (C=O) groups excluding carboxylic acids is 1. The highest BCUT2D eigenvalue weighted by atomic mass is 19.3. The molecule has 0 aliphatic carbocycles. The Morgan fingerprint density at radius 3 is 2.61 bits per heavy atom. The molecule has 7 heteroatoms. The molecule has 0 radical (unpaired) electrons. The zero-order valence-corrected chi connectivity index (χ0v) is 13.0. The second-order valence-corrected chi connectivity index (χ2v) is 4.96. The molecule has 2 aromatic rings. The van der Waals surface area contributed by atoms with Crippen LogP contribution in [-0.4, -0.2) is 34.9 Å². The first-order valence-corrected chi connectivity index (χ1v) is 6.95. The van der Waals surface area contributed by atoms with Crippen LogP contribution in [0.3, 0.4) is 0 Å². The van der Waals surface area contributed by atoms with Crippen LogP contribution >= 0.6 is 0 Å². The minimum absolute atomic E-state index is 0.0699. The van der Waals surface area contributed by atoms with E-state index in [1.807, 2.05) is 25.1 Å². The van der Waals surface area contributed by atoms with E-state index < -0.39 is 18.0 Å². The van der Waals surface area contributed by atoms with Crippen molar-refractivity contribution in [2.24, 2.45) is 0 Å². The number of halogens is 2. The molecule has 0 N–H and O–H groups in total. The summed E-state index contributed by atoms with van der Waals surface area (Å²) in [4.78, 5) is 21.2. The predicted octanol–water partition coefficient (Wildman–Crippen LogP) is 3.26. The van der Waals surface area contributed by atoms with Crippen LogP contribution in [-0.2, 0) is 0 Å². The average molecular weight is 321 g/mol. The predicted molar refractivity (Wildman–Crippen MR) is 80.5 cm³/mol. The van der Waals surface area contributed by atoms with Gasteiger partial charge in [-0.25, -0.2) is 18.7 Å². The van der Waals surface area contributed by atoms with Gasteiger partial charge in [0.1, 0.15) is 23.5 Å². The lowest BCUT2D eigenvalue weighted by Gasteiger charge is -2.26. The number of benzene rings is 1. The zero-order valence-electron chi connectivity index (χ0n) is 13.0. The van der Waals surface area contributed by atoms with E-state index in [0.29, 0.717) is 5.75 Å². The Hall–Kier alpha value is -2.57. The van der Waals surface area contributed by atoms with Gasteiger partial charge in [-0.3, -0.25) is 4.79 Å². The molecule has 0 spiro atoms.